The summed E-state index contributed by atoms with van der Waals surface area (Å²) >= 11 is 3.32. The fraction of sp³-hybridized carbons (Fsp3) is 0.467. The smallest absolute Gasteiger partial charge is 0.347 e. The molecular weight excluding hydrogens is 324 g/mol. The minimum absolute atomic E-state index is 0.123. The normalized spacial score (nSPS) is 12.7. The first-order chi connectivity index (χ1) is 9.20. The van der Waals surface area contributed by atoms with Crippen molar-refractivity contribution in [2.24, 2.45) is 5.41 Å². The molecular formula is C15H19BrO4. The average molecular weight is 343 g/mol. The number of hydrogen-bond acceptors (Lipinski definition) is 4. The average Bonchev–Trinajstić information content (AvgIpc) is 2.36. The Morgan fingerprint density at radius 1 is 1.20 bits per heavy atom. The van der Waals surface area contributed by atoms with Crippen molar-refractivity contribution in [2.45, 2.75) is 33.8 Å². The molecule has 20 heavy (non-hydrogen) atoms. The van der Waals surface area contributed by atoms with Crippen molar-refractivity contribution in [3.63, 3.8) is 0 Å². The van der Waals surface area contributed by atoms with Crippen LogP contribution in [0.5, 0.6) is 5.75 Å². The van der Waals surface area contributed by atoms with Gasteiger partial charge in [-0.2, -0.15) is 0 Å². The summed E-state index contributed by atoms with van der Waals surface area (Å²) in [4.78, 5) is 23.4. The van der Waals surface area contributed by atoms with Crippen LogP contribution in [0.15, 0.2) is 28.7 Å². The van der Waals surface area contributed by atoms with Gasteiger partial charge in [0.15, 0.2) is 18.5 Å². The lowest BCUT2D eigenvalue weighted by Crippen LogP contribution is -2.31. The lowest BCUT2D eigenvalue weighted by atomic mass is 9.91. The van der Waals surface area contributed by atoms with Crippen LogP contribution in [-0.2, 0) is 14.3 Å². The first kappa shape index (κ1) is 16.7. The maximum absolute atomic E-state index is 11.7. The Kier molecular flexibility index (Phi) is 5.74. The van der Waals surface area contributed by atoms with E-state index >= 15 is 0 Å². The summed E-state index contributed by atoms with van der Waals surface area (Å²) in [6, 6.07) is 7.12. The Morgan fingerprint density at radius 3 is 2.25 bits per heavy atom. The monoisotopic (exact) mass is 342 g/mol. The minimum atomic E-state index is -0.760. The standard InChI is InChI=1S/C15H19BrO4/c1-10(20-12-7-5-11(16)6-8-12)14(18)19-9-13(17)15(2,3)4/h5-8,10H,9H2,1-4H3. The first-order valence-electron chi connectivity index (χ1n) is 6.32. The topological polar surface area (TPSA) is 52.6 Å². The van der Waals surface area contributed by atoms with Gasteiger partial charge in [-0.05, 0) is 31.2 Å². The van der Waals surface area contributed by atoms with E-state index in [0.29, 0.717) is 5.75 Å². The minimum Gasteiger partial charge on any atom is -0.479 e. The van der Waals surface area contributed by atoms with Gasteiger partial charge in [0.2, 0.25) is 0 Å². The van der Waals surface area contributed by atoms with Crippen molar-refractivity contribution in [3.05, 3.63) is 28.7 Å². The molecule has 110 valence electrons. The van der Waals surface area contributed by atoms with E-state index in [1.165, 1.54) is 0 Å². The zero-order chi connectivity index (χ0) is 15.3. The third-order valence-corrected chi connectivity index (χ3v) is 3.17. The van der Waals surface area contributed by atoms with E-state index in [4.69, 9.17) is 9.47 Å². The van der Waals surface area contributed by atoms with Gasteiger partial charge >= 0.3 is 5.97 Å². The largest absolute Gasteiger partial charge is 0.479 e. The van der Waals surface area contributed by atoms with Gasteiger partial charge in [0.25, 0.3) is 0 Å². The molecule has 0 aliphatic rings. The molecule has 0 saturated carbocycles. The molecule has 0 N–H and O–H groups in total. The second kappa shape index (κ2) is 6.88. The second-order valence-electron chi connectivity index (χ2n) is 5.49. The molecule has 0 bridgehead atoms. The van der Waals surface area contributed by atoms with Crippen LogP contribution in [0.2, 0.25) is 0 Å². The van der Waals surface area contributed by atoms with E-state index in [9.17, 15) is 9.59 Å². The highest BCUT2D eigenvalue weighted by Gasteiger charge is 2.24. The summed E-state index contributed by atoms with van der Waals surface area (Å²) in [5.74, 6) is -0.105. The van der Waals surface area contributed by atoms with Crippen LogP contribution in [-0.4, -0.2) is 24.5 Å². The van der Waals surface area contributed by atoms with Gasteiger partial charge in [0.1, 0.15) is 5.75 Å². The highest BCUT2D eigenvalue weighted by molar-refractivity contribution is 9.10. The van der Waals surface area contributed by atoms with Crippen molar-refractivity contribution in [3.8, 4) is 5.75 Å². The Balaban J connectivity index is 2.47. The fourth-order valence-electron chi connectivity index (χ4n) is 1.24. The summed E-state index contributed by atoms with van der Waals surface area (Å²) in [6.45, 7) is 6.71. The van der Waals surface area contributed by atoms with E-state index in [-0.39, 0.29) is 12.4 Å². The lowest BCUT2D eigenvalue weighted by Gasteiger charge is -2.18. The number of Topliss-reactive ketones (excluding diaryl/α,β-unsaturated/α-hetero) is 1. The second-order valence-corrected chi connectivity index (χ2v) is 6.41. The van der Waals surface area contributed by atoms with Crippen LogP contribution < -0.4 is 4.74 Å². The maximum Gasteiger partial charge on any atom is 0.347 e. The zero-order valence-electron chi connectivity index (χ0n) is 12.1. The van der Waals surface area contributed by atoms with E-state index in [2.05, 4.69) is 15.9 Å². The Morgan fingerprint density at radius 2 is 1.75 bits per heavy atom. The summed E-state index contributed by atoms with van der Waals surface area (Å²) < 4.78 is 11.3. The molecule has 1 aromatic carbocycles. The van der Waals surface area contributed by atoms with Crippen LogP contribution in [0.4, 0.5) is 0 Å². The molecule has 0 aliphatic carbocycles. The Hall–Kier alpha value is -1.36. The van der Waals surface area contributed by atoms with E-state index < -0.39 is 17.5 Å². The van der Waals surface area contributed by atoms with Crippen molar-refractivity contribution < 1.29 is 19.1 Å². The molecule has 1 aromatic rings. The van der Waals surface area contributed by atoms with E-state index in [1.807, 2.05) is 12.1 Å². The van der Waals surface area contributed by atoms with Crippen LogP contribution in [0, 0.1) is 5.41 Å². The number of benzene rings is 1. The highest BCUT2D eigenvalue weighted by atomic mass is 79.9. The highest BCUT2D eigenvalue weighted by Crippen LogP contribution is 2.18. The van der Waals surface area contributed by atoms with Gasteiger partial charge in [-0.1, -0.05) is 36.7 Å². The number of hydrogen-bond donors (Lipinski definition) is 0. The van der Waals surface area contributed by atoms with Gasteiger partial charge in [-0.3, -0.25) is 4.79 Å². The molecule has 1 rings (SSSR count). The summed E-state index contributed by atoms with van der Waals surface area (Å²) in [7, 11) is 0. The molecule has 0 radical (unpaired) electrons. The molecule has 0 aromatic heterocycles. The van der Waals surface area contributed by atoms with Crippen LogP contribution >= 0.6 is 15.9 Å². The molecule has 4 nitrogen and oxygen atoms in total. The van der Waals surface area contributed by atoms with Crippen molar-refractivity contribution >= 4 is 27.7 Å². The third-order valence-electron chi connectivity index (χ3n) is 2.64. The molecule has 0 saturated heterocycles. The van der Waals surface area contributed by atoms with Crippen molar-refractivity contribution in [1.82, 2.24) is 0 Å². The van der Waals surface area contributed by atoms with Crippen LogP contribution in [0.25, 0.3) is 0 Å². The predicted octanol–water partition coefficient (Wildman–Crippen LogP) is 3.37. The first-order valence-corrected chi connectivity index (χ1v) is 7.11. The van der Waals surface area contributed by atoms with E-state index in [0.717, 1.165) is 4.47 Å². The Bertz CT molecular complexity index is 474. The number of ether oxygens (including phenoxy) is 2. The number of carbonyl (C=O) groups is 2. The molecule has 0 amide bonds. The van der Waals surface area contributed by atoms with Crippen molar-refractivity contribution in [1.29, 1.82) is 0 Å². The third kappa shape index (κ3) is 5.33. The summed E-state index contributed by atoms with van der Waals surface area (Å²) in [5, 5.41) is 0. The molecule has 1 unspecified atom stereocenters. The summed E-state index contributed by atoms with van der Waals surface area (Å²) in [6.07, 6.45) is -0.760. The molecule has 0 spiro atoms. The number of halogens is 1. The van der Waals surface area contributed by atoms with Gasteiger partial charge in [-0.25, -0.2) is 4.79 Å². The molecule has 5 heteroatoms. The van der Waals surface area contributed by atoms with E-state index in [1.54, 1.807) is 39.8 Å². The van der Waals surface area contributed by atoms with Crippen LogP contribution in [0.3, 0.4) is 0 Å². The number of ketones is 1. The van der Waals surface area contributed by atoms with Crippen molar-refractivity contribution in [2.75, 3.05) is 6.61 Å². The number of rotatable bonds is 5. The van der Waals surface area contributed by atoms with Gasteiger partial charge in [0, 0.05) is 9.89 Å². The molecule has 0 fully saturated rings. The Labute approximate surface area is 127 Å². The van der Waals surface area contributed by atoms with Gasteiger partial charge < -0.3 is 9.47 Å². The quantitative estimate of drug-likeness (QED) is 0.769. The van der Waals surface area contributed by atoms with Gasteiger partial charge in [0.05, 0.1) is 0 Å². The number of esters is 1. The lowest BCUT2D eigenvalue weighted by molar-refractivity contribution is -0.155. The maximum atomic E-state index is 11.7. The van der Waals surface area contributed by atoms with Gasteiger partial charge in [-0.15, -0.1) is 0 Å². The molecule has 0 aliphatic heterocycles. The fourth-order valence-corrected chi connectivity index (χ4v) is 1.50. The number of carbonyl (C=O) groups excluding carboxylic acids is 2. The predicted molar refractivity (Wildman–Crippen MR) is 79.7 cm³/mol. The molecule has 1 atom stereocenters. The molecule has 0 heterocycles. The SMILES string of the molecule is CC(Oc1ccc(Br)cc1)C(=O)OCC(=O)C(C)(C)C. The van der Waals surface area contributed by atoms with Crippen LogP contribution in [0.1, 0.15) is 27.7 Å². The summed E-state index contributed by atoms with van der Waals surface area (Å²) in [5.41, 5.74) is -0.518. The zero-order valence-corrected chi connectivity index (χ0v) is 13.7.